The van der Waals surface area contributed by atoms with Gasteiger partial charge in [0, 0.05) is 49.9 Å². The maximum Gasteiger partial charge on any atom is 0.336 e. The van der Waals surface area contributed by atoms with Gasteiger partial charge in [0.1, 0.15) is 5.82 Å². The van der Waals surface area contributed by atoms with Crippen LogP contribution in [0.4, 0.5) is 17.2 Å². The summed E-state index contributed by atoms with van der Waals surface area (Å²) < 4.78 is 0. The van der Waals surface area contributed by atoms with Gasteiger partial charge in [0.15, 0.2) is 0 Å². The van der Waals surface area contributed by atoms with Gasteiger partial charge in [0.25, 0.3) is 0 Å². The summed E-state index contributed by atoms with van der Waals surface area (Å²) in [6.45, 7) is 6.70. The fourth-order valence-electron chi connectivity index (χ4n) is 3.85. The van der Waals surface area contributed by atoms with Crippen LogP contribution in [0.5, 0.6) is 0 Å². The van der Waals surface area contributed by atoms with Gasteiger partial charge in [0.05, 0.1) is 11.1 Å². The number of rotatable bonds is 4. The Kier molecular flexibility index (Phi) is 5.27. The van der Waals surface area contributed by atoms with Crippen molar-refractivity contribution in [1.29, 1.82) is 0 Å². The Morgan fingerprint density at radius 3 is 2.40 bits per heavy atom. The number of carboxylic acid groups (broad SMARTS) is 1. The van der Waals surface area contributed by atoms with Gasteiger partial charge in [0.2, 0.25) is 5.91 Å². The van der Waals surface area contributed by atoms with Gasteiger partial charge < -0.3 is 20.2 Å². The number of benzene rings is 2. The number of anilines is 3. The summed E-state index contributed by atoms with van der Waals surface area (Å²) in [5, 5.41) is 13.0. The van der Waals surface area contributed by atoms with Gasteiger partial charge in [-0.05, 0) is 48.9 Å². The molecule has 0 unspecified atom stereocenters. The highest BCUT2D eigenvalue weighted by molar-refractivity contribution is 6.05. The molecule has 0 bridgehead atoms. The largest absolute Gasteiger partial charge is 0.478 e. The van der Waals surface area contributed by atoms with E-state index in [0.29, 0.717) is 22.4 Å². The number of hydrogen-bond donors (Lipinski definition) is 2. The average molecular weight is 404 g/mol. The molecular formula is C23H24N4O3. The van der Waals surface area contributed by atoms with Crippen molar-refractivity contribution >= 4 is 40.0 Å². The van der Waals surface area contributed by atoms with Crippen molar-refractivity contribution in [2.45, 2.75) is 13.8 Å². The molecule has 1 aliphatic heterocycles. The Hall–Kier alpha value is -3.61. The molecule has 0 radical (unpaired) electrons. The fraction of sp³-hybridized carbons (Fsp3) is 0.261. The highest BCUT2D eigenvalue weighted by Gasteiger charge is 2.21. The Morgan fingerprint density at radius 1 is 1.00 bits per heavy atom. The number of nitrogens with one attached hydrogen (secondary N) is 1. The lowest BCUT2D eigenvalue weighted by Gasteiger charge is -2.37. The Balaban J connectivity index is 1.60. The molecule has 2 heterocycles. The molecule has 154 valence electrons. The maximum atomic E-state index is 11.9. The van der Waals surface area contributed by atoms with Crippen LogP contribution in [0.1, 0.15) is 22.8 Å². The number of amides is 1. The van der Waals surface area contributed by atoms with Crippen molar-refractivity contribution in [2.75, 3.05) is 41.3 Å². The van der Waals surface area contributed by atoms with E-state index in [-0.39, 0.29) is 11.5 Å². The van der Waals surface area contributed by atoms with Crippen LogP contribution < -0.4 is 15.1 Å². The van der Waals surface area contributed by atoms with Crippen molar-refractivity contribution in [1.82, 2.24) is 4.98 Å². The first-order chi connectivity index (χ1) is 14.4. The van der Waals surface area contributed by atoms with Gasteiger partial charge in [-0.1, -0.05) is 12.1 Å². The number of aromatic carboxylic acids is 1. The zero-order chi connectivity index (χ0) is 21.3. The Bertz CT molecular complexity index is 1120. The predicted octanol–water partition coefficient (Wildman–Crippen LogP) is 3.53. The van der Waals surface area contributed by atoms with Gasteiger partial charge in [-0.15, -0.1) is 0 Å². The highest BCUT2D eigenvalue weighted by atomic mass is 16.4. The smallest absolute Gasteiger partial charge is 0.336 e. The summed E-state index contributed by atoms with van der Waals surface area (Å²) >= 11 is 0. The van der Waals surface area contributed by atoms with Gasteiger partial charge in [-0.2, -0.15) is 0 Å². The second-order valence-electron chi connectivity index (χ2n) is 7.56. The first-order valence-electron chi connectivity index (χ1n) is 9.93. The first-order valence-corrected chi connectivity index (χ1v) is 9.93. The molecule has 2 N–H and O–H groups in total. The second-order valence-corrected chi connectivity index (χ2v) is 7.56. The van der Waals surface area contributed by atoms with Crippen LogP contribution in [-0.2, 0) is 4.79 Å². The number of fused-ring (bicyclic) bond motifs is 1. The zero-order valence-corrected chi connectivity index (χ0v) is 17.1. The molecule has 1 aliphatic rings. The molecule has 7 nitrogen and oxygen atoms in total. The van der Waals surface area contributed by atoms with E-state index in [1.165, 1.54) is 18.2 Å². The zero-order valence-electron chi connectivity index (χ0n) is 17.1. The molecule has 0 aliphatic carbocycles. The van der Waals surface area contributed by atoms with Crippen LogP contribution in [0, 0.1) is 6.92 Å². The van der Waals surface area contributed by atoms with E-state index >= 15 is 0 Å². The number of aromatic nitrogens is 1. The molecule has 2 aromatic carbocycles. The third kappa shape index (κ3) is 4.05. The number of carboxylic acids is 1. The van der Waals surface area contributed by atoms with Crippen molar-refractivity contribution in [3.63, 3.8) is 0 Å². The number of piperazine rings is 1. The maximum absolute atomic E-state index is 11.9. The van der Waals surface area contributed by atoms with E-state index in [1.54, 1.807) is 24.3 Å². The topological polar surface area (TPSA) is 85.8 Å². The summed E-state index contributed by atoms with van der Waals surface area (Å²) in [7, 11) is 0. The number of pyridine rings is 1. The van der Waals surface area contributed by atoms with Crippen molar-refractivity contribution < 1.29 is 14.7 Å². The molecule has 1 amide bonds. The summed E-state index contributed by atoms with van der Waals surface area (Å²) in [4.78, 5) is 32.4. The molecule has 1 aromatic heterocycles. The van der Waals surface area contributed by atoms with Crippen molar-refractivity contribution in [2.24, 2.45) is 0 Å². The van der Waals surface area contributed by atoms with Crippen molar-refractivity contribution in [3.05, 3.63) is 59.7 Å². The number of aryl methyl sites for hydroxylation is 1. The number of carbonyl (C=O) groups is 2. The predicted molar refractivity (Wildman–Crippen MR) is 119 cm³/mol. The lowest BCUT2D eigenvalue weighted by molar-refractivity contribution is -0.114. The number of hydrogen-bond acceptors (Lipinski definition) is 5. The first kappa shape index (κ1) is 19.7. The minimum Gasteiger partial charge on any atom is -0.478 e. The molecule has 30 heavy (non-hydrogen) atoms. The van der Waals surface area contributed by atoms with Crippen LogP contribution in [0.2, 0.25) is 0 Å². The molecule has 0 saturated carbocycles. The minimum atomic E-state index is -1.01. The van der Waals surface area contributed by atoms with Crippen LogP contribution in [0.3, 0.4) is 0 Å². The molecule has 1 saturated heterocycles. The van der Waals surface area contributed by atoms with Gasteiger partial charge in [-0.3, -0.25) is 4.79 Å². The van der Waals surface area contributed by atoms with E-state index in [4.69, 9.17) is 4.98 Å². The molecule has 7 heteroatoms. The lowest BCUT2D eigenvalue weighted by Crippen LogP contribution is -2.46. The normalized spacial score (nSPS) is 14.1. The van der Waals surface area contributed by atoms with Crippen LogP contribution >= 0.6 is 0 Å². The van der Waals surface area contributed by atoms with E-state index in [0.717, 1.165) is 26.2 Å². The molecule has 4 rings (SSSR count). The summed E-state index contributed by atoms with van der Waals surface area (Å²) in [5.74, 6) is -0.555. The Morgan fingerprint density at radius 2 is 1.73 bits per heavy atom. The van der Waals surface area contributed by atoms with E-state index < -0.39 is 5.97 Å². The lowest BCUT2D eigenvalue weighted by atomic mass is 10.1. The Labute approximate surface area is 174 Å². The third-order valence-corrected chi connectivity index (χ3v) is 5.32. The highest BCUT2D eigenvalue weighted by Crippen LogP contribution is 2.27. The summed E-state index contributed by atoms with van der Waals surface area (Å²) in [5.41, 5.74) is 3.77. The van der Waals surface area contributed by atoms with Crippen LogP contribution in [0.25, 0.3) is 10.9 Å². The monoisotopic (exact) mass is 404 g/mol. The molecule has 0 spiro atoms. The molecule has 0 atom stereocenters. The SMILES string of the molecule is CC(=O)Nc1ccc2nc(N3CCN(c4cccc(C)c4)CC3)cc(C(=O)O)c2c1. The standard InChI is InChI=1S/C23H24N4O3/c1-15-4-3-5-18(12-15)26-8-10-27(11-9-26)22-14-20(23(29)30)19-13-17(24-16(2)28)6-7-21(19)25-22/h3-7,12-14H,8-11H2,1-2H3,(H,24,28)(H,29,30). The fourth-order valence-corrected chi connectivity index (χ4v) is 3.85. The van der Waals surface area contributed by atoms with Crippen LogP contribution in [-0.4, -0.2) is 48.1 Å². The van der Waals surface area contributed by atoms with Crippen LogP contribution in [0.15, 0.2) is 48.5 Å². The molecule has 1 fully saturated rings. The minimum absolute atomic E-state index is 0.184. The van der Waals surface area contributed by atoms with E-state index in [1.807, 2.05) is 0 Å². The number of nitrogens with zero attached hydrogens (tertiary/aromatic N) is 3. The second kappa shape index (κ2) is 8.02. The average Bonchev–Trinajstić information content (AvgIpc) is 2.72. The van der Waals surface area contributed by atoms with E-state index in [2.05, 4.69) is 46.3 Å². The third-order valence-electron chi connectivity index (χ3n) is 5.32. The molecular weight excluding hydrogens is 380 g/mol. The van der Waals surface area contributed by atoms with E-state index in [9.17, 15) is 14.7 Å². The number of carbonyl (C=O) groups excluding carboxylic acids is 1. The van der Waals surface area contributed by atoms with Crippen molar-refractivity contribution in [3.8, 4) is 0 Å². The summed E-state index contributed by atoms with van der Waals surface area (Å²) in [6, 6.07) is 15.2. The quantitative estimate of drug-likeness (QED) is 0.692. The van der Waals surface area contributed by atoms with Gasteiger partial charge in [-0.25, -0.2) is 9.78 Å². The summed E-state index contributed by atoms with van der Waals surface area (Å²) in [6.07, 6.45) is 0. The molecule has 3 aromatic rings. The van der Waals surface area contributed by atoms with Gasteiger partial charge >= 0.3 is 5.97 Å².